The second kappa shape index (κ2) is 10.2. The molecule has 0 bridgehead atoms. The van der Waals surface area contributed by atoms with Crippen LogP contribution in [0.1, 0.15) is 41.0 Å². The summed E-state index contributed by atoms with van der Waals surface area (Å²) >= 11 is 6.04. The van der Waals surface area contributed by atoms with Crippen LogP contribution in [0.2, 0.25) is 5.02 Å². The van der Waals surface area contributed by atoms with E-state index in [9.17, 15) is 4.79 Å². The van der Waals surface area contributed by atoms with Crippen molar-refractivity contribution in [3.05, 3.63) is 88.1 Å². The molecule has 0 atom stereocenters. The third-order valence-corrected chi connectivity index (χ3v) is 6.22. The predicted octanol–water partition coefficient (Wildman–Crippen LogP) is 7.01. The summed E-state index contributed by atoms with van der Waals surface area (Å²) in [4.78, 5) is 13.2. The summed E-state index contributed by atoms with van der Waals surface area (Å²) in [6.45, 7) is 9.82. The lowest BCUT2D eigenvalue weighted by molar-refractivity contribution is 0.102. The molecule has 0 aliphatic heterocycles. The number of carbonyl (C=O) groups excluding carboxylic acids is 1. The smallest absolute Gasteiger partial charge is 0.255 e. The number of nitrogens with zero attached hydrogens (tertiary/aromatic N) is 1. The Hall–Kier alpha value is -3.44. The average Bonchev–Trinajstić information content (AvgIpc) is 3.06. The standard InChI is InChI=1S/C28H29ClN2O3/c1-5-33-23-12-14-27(34-6-2)25(16-23)30-28(32)21-9-13-26-24(15-21)18(3)19(4)31(26)17-20-7-10-22(29)11-8-20/h7-16H,5-6,17H2,1-4H3,(H,30,32). The number of aromatic nitrogens is 1. The molecule has 1 N–H and O–H groups in total. The zero-order chi connectivity index (χ0) is 24.2. The van der Waals surface area contributed by atoms with Gasteiger partial charge in [-0.05, 0) is 81.3 Å². The Kier molecular flexibility index (Phi) is 7.13. The lowest BCUT2D eigenvalue weighted by Gasteiger charge is -2.14. The Morgan fingerprint density at radius 3 is 2.38 bits per heavy atom. The number of hydrogen-bond donors (Lipinski definition) is 1. The van der Waals surface area contributed by atoms with E-state index in [0.717, 1.165) is 28.0 Å². The monoisotopic (exact) mass is 476 g/mol. The fourth-order valence-corrected chi connectivity index (χ4v) is 4.23. The fraction of sp³-hybridized carbons (Fsp3) is 0.250. The van der Waals surface area contributed by atoms with Crippen LogP contribution in [0.5, 0.6) is 11.5 Å². The zero-order valence-electron chi connectivity index (χ0n) is 19.9. The first-order valence-electron chi connectivity index (χ1n) is 11.5. The van der Waals surface area contributed by atoms with Gasteiger partial charge in [0.15, 0.2) is 0 Å². The van der Waals surface area contributed by atoms with Gasteiger partial charge in [0.05, 0.1) is 18.9 Å². The first-order chi connectivity index (χ1) is 16.4. The number of anilines is 1. The minimum Gasteiger partial charge on any atom is -0.494 e. The molecule has 4 rings (SSSR count). The number of carbonyl (C=O) groups is 1. The molecule has 0 saturated heterocycles. The minimum absolute atomic E-state index is 0.195. The van der Waals surface area contributed by atoms with Crippen molar-refractivity contribution in [3.63, 3.8) is 0 Å². The van der Waals surface area contributed by atoms with Gasteiger partial charge in [-0.25, -0.2) is 0 Å². The summed E-state index contributed by atoms with van der Waals surface area (Å²) in [6.07, 6.45) is 0. The summed E-state index contributed by atoms with van der Waals surface area (Å²) < 4.78 is 13.6. The average molecular weight is 477 g/mol. The number of rotatable bonds is 8. The second-order valence-corrected chi connectivity index (χ2v) is 8.57. The maximum absolute atomic E-state index is 13.2. The minimum atomic E-state index is -0.195. The van der Waals surface area contributed by atoms with Crippen LogP contribution in [-0.4, -0.2) is 23.7 Å². The first-order valence-corrected chi connectivity index (χ1v) is 11.8. The van der Waals surface area contributed by atoms with E-state index in [4.69, 9.17) is 21.1 Å². The van der Waals surface area contributed by atoms with E-state index in [1.54, 1.807) is 6.07 Å². The van der Waals surface area contributed by atoms with Gasteiger partial charge < -0.3 is 19.4 Å². The third-order valence-electron chi connectivity index (χ3n) is 5.97. The summed E-state index contributed by atoms with van der Waals surface area (Å²) in [5.41, 5.74) is 5.77. The molecule has 0 spiro atoms. The van der Waals surface area contributed by atoms with Gasteiger partial charge in [0.25, 0.3) is 5.91 Å². The quantitative estimate of drug-likeness (QED) is 0.297. The Labute approximate surface area is 205 Å². The summed E-state index contributed by atoms with van der Waals surface area (Å²) in [7, 11) is 0. The van der Waals surface area contributed by atoms with Gasteiger partial charge in [-0.3, -0.25) is 4.79 Å². The molecular formula is C28H29ClN2O3. The van der Waals surface area contributed by atoms with Crippen molar-refractivity contribution >= 4 is 34.1 Å². The molecule has 0 fully saturated rings. The van der Waals surface area contributed by atoms with Gasteiger partial charge in [-0.2, -0.15) is 0 Å². The number of fused-ring (bicyclic) bond motifs is 1. The van der Waals surface area contributed by atoms with Crippen LogP contribution in [0.4, 0.5) is 5.69 Å². The molecule has 0 aliphatic rings. The topological polar surface area (TPSA) is 52.5 Å². The van der Waals surface area contributed by atoms with Crippen molar-refractivity contribution in [1.29, 1.82) is 0 Å². The van der Waals surface area contributed by atoms with Gasteiger partial charge in [0.2, 0.25) is 0 Å². The number of nitrogens with one attached hydrogen (secondary N) is 1. The molecule has 5 nitrogen and oxygen atoms in total. The van der Waals surface area contributed by atoms with Gasteiger partial charge in [-0.1, -0.05) is 23.7 Å². The molecule has 3 aromatic carbocycles. The predicted molar refractivity (Wildman–Crippen MR) is 139 cm³/mol. The van der Waals surface area contributed by atoms with Crippen molar-refractivity contribution in [1.82, 2.24) is 4.57 Å². The van der Waals surface area contributed by atoms with Crippen LogP contribution in [0.3, 0.4) is 0 Å². The van der Waals surface area contributed by atoms with Crippen LogP contribution < -0.4 is 14.8 Å². The summed E-state index contributed by atoms with van der Waals surface area (Å²) in [6, 6.07) is 19.2. The molecule has 1 aromatic heterocycles. The van der Waals surface area contributed by atoms with Crippen LogP contribution in [0.25, 0.3) is 10.9 Å². The normalized spacial score (nSPS) is 11.0. The molecule has 0 saturated carbocycles. The van der Waals surface area contributed by atoms with Gasteiger partial charge in [0.1, 0.15) is 11.5 Å². The van der Waals surface area contributed by atoms with Gasteiger partial charge in [-0.15, -0.1) is 0 Å². The Balaban J connectivity index is 1.64. The number of hydrogen-bond acceptors (Lipinski definition) is 3. The van der Waals surface area contributed by atoms with Crippen LogP contribution in [0.15, 0.2) is 60.7 Å². The lowest BCUT2D eigenvalue weighted by atomic mass is 10.1. The molecular weight excluding hydrogens is 448 g/mol. The van der Waals surface area contributed by atoms with Crippen molar-refractivity contribution < 1.29 is 14.3 Å². The Bertz CT molecular complexity index is 1330. The number of aryl methyl sites for hydroxylation is 1. The van der Waals surface area contributed by atoms with E-state index in [2.05, 4.69) is 23.7 Å². The van der Waals surface area contributed by atoms with E-state index in [1.807, 2.05) is 68.4 Å². The number of ether oxygens (including phenoxy) is 2. The van der Waals surface area contributed by atoms with Crippen molar-refractivity contribution in [2.75, 3.05) is 18.5 Å². The maximum Gasteiger partial charge on any atom is 0.255 e. The van der Waals surface area contributed by atoms with Crippen LogP contribution in [0, 0.1) is 13.8 Å². The van der Waals surface area contributed by atoms with E-state index < -0.39 is 0 Å². The van der Waals surface area contributed by atoms with Gasteiger partial charge in [0, 0.05) is 39.8 Å². The van der Waals surface area contributed by atoms with Crippen LogP contribution in [-0.2, 0) is 6.54 Å². The molecule has 1 heterocycles. The van der Waals surface area contributed by atoms with Gasteiger partial charge >= 0.3 is 0 Å². The summed E-state index contributed by atoms with van der Waals surface area (Å²) in [5.74, 6) is 1.10. The molecule has 0 radical (unpaired) electrons. The molecule has 176 valence electrons. The van der Waals surface area contributed by atoms with Crippen molar-refractivity contribution in [2.45, 2.75) is 34.2 Å². The van der Waals surface area contributed by atoms with Crippen molar-refractivity contribution in [2.24, 2.45) is 0 Å². The highest BCUT2D eigenvalue weighted by Crippen LogP contribution is 2.31. The number of halogens is 1. The fourth-order valence-electron chi connectivity index (χ4n) is 4.11. The second-order valence-electron chi connectivity index (χ2n) is 8.13. The lowest BCUT2D eigenvalue weighted by Crippen LogP contribution is -2.13. The van der Waals surface area contributed by atoms with E-state index in [1.165, 1.54) is 11.3 Å². The van der Waals surface area contributed by atoms with E-state index >= 15 is 0 Å². The number of benzene rings is 3. The molecule has 1 amide bonds. The first kappa shape index (κ1) is 23.7. The highest BCUT2D eigenvalue weighted by atomic mass is 35.5. The highest BCUT2D eigenvalue weighted by Gasteiger charge is 2.16. The molecule has 6 heteroatoms. The van der Waals surface area contributed by atoms with E-state index in [-0.39, 0.29) is 5.91 Å². The SMILES string of the molecule is CCOc1ccc(OCC)c(NC(=O)c2ccc3c(c2)c(C)c(C)n3Cc2ccc(Cl)cc2)c1. The maximum atomic E-state index is 13.2. The largest absolute Gasteiger partial charge is 0.494 e. The molecule has 34 heavy (non-hydrogen) atoms. The summed E-state index contributed by atoms with van der Waals surface area (Å²) in [5, 5.41) is 4.79. The van der Waals surface area contributed by atoms with Crippen LogP contribution >= 0.6 is 11.6 Å². The van der Waals surface area contributed by atoms with Crippen molar-refractivity contribution in [3.8, 4) is 11.5 Å². The number of amides is 1. The third kappa shape index (κ3) is 4.90. The highest BCUT2D eigenvalue weighted by molar-refractivity contribution is 6.30. The molecule has 4 aromatic rings. The zero-order valence-corrected chi connectivity index (χ0v) is 20.7. The Morgan fingerprint density at radius 2 is 1.68 bits per heavy atom. The van der Waals surface area contributed by atoms with E-state index in [0.29, 0.717) is 36.0 Å². The molecule has 0 aliphatic carbocycles. The molecule has 0 unspecified atom stereocenters. The Morgan fingerprint density at radius 1 is 0.941 bits per heavy atom.